The summed E-state index contributed by atoms with van der Waals surface area (Å²) in [6, 6.07) is 5.54. The normalized spacial score (nSPS) is 10.0. The van der Waals surface area contributed by atoms with Crippen LogP contribution in [-0.4, -0.2) is 29.6 Å². The molecule has 0 aliphatic heterocycles. The molecule has 0 unspecified atom stereocenters. The van der Waals surface area contributed by atoms with Gasteiger partial charge in [-0.3, -0.25) is 9.78 Å². The molecule has 0 atom stereocenters. The molecule has 1 aromatic carbocycles. The van der Waals surface area contributed by atoms with E-state index < -0.39 is 0 Å². The molecule has 0 bridgehead atoms. The van der Waals surface area contributed by atoms with Crippen LogP contribution in [0.4, 0.5) is 0 Å². The summed E-state index contributed by atoms with van der Waals surface area (Å²) < 4.78 is 10.7. The molecule has 6 heteroatoms. The zero-order valence-corrected chi connectivity index (χ0v) is 12.0. The summed E-state index contributed by atoms with van der Waals surface area (Å²) in [7, 11) is 1.58. The Balaban J connectivity index is 2.02. The Kier molecular flexibility index (Phi) is 5.09. The van der Waals surface area contributed by atoms with Gasteiger partial charge in [0.1, 0.15) is 5.69 Å². The van der Waals surface area contributed by atoms with E-state index in [0.717, 1.165) is 5.56 Å². The molecule has 0 spiro atoms. The van der Waals surface area contributed by atoms with Crippen molar-refractivity contribution in [1.82, 2.24) is 15.3 Å². The molecule has 21 heavy (non-hydrogen) atoms. The van der Waals surface area contributed by atoms with E-state index in [1.54, 1.807) is 7.11 Å². The van der Waals surface area contributed by atoms with E-state index in [0.29, 0.717) is 24.7 Å². The standard InChI is InChI=1S/C15H17N3O3/c1-3-21-13-5-4-11(8-14(13)20-2)9-18-15(19)12-10-16-6-7-17-12/h4-8,10H,3,9H2,1-2H3,(H,18,19). The minimum Gasteiger partial charge on any atom is -0.493 e. The molecule has 2 rings (SSSR count). The van der Waals surface area contributed by atoms with Gasteiger partial charge in [0.05, 0.1) is 19.9 Å². The molecule has 0 aliphatic rings. The summed E-state index contributed by atoms with van der Waals surface area (Å²) in [6.07, 6.45) is 4.43. The maximum atomic E-state index is 11.9. The fourth-order valence-corrected chi connectivity index (χ4v) is 1.79. The molecular weight excluding hydrogens is 270 g/mol. The van der Waals surface area contributed by atoms with Gasteiger partial charge in [-0.25, -0.2) is 4.98 Å². The number of nitrogens with one attached hydrogen (secondary N) is 1. The van der Waals surface area contributed by atoms with E-state index in [-0.39, 0.29) is 11.6 Å². The molecule has 1 N–H and O–H groups in total. The van der Waals surface area contributed by atoms with Gasteiger partial charge < -0.3 is 14.8 Å². The van der Waals surface area contributed by atoms with Gasteiger partial charge in [0.15, 0.2) is 11.5 Å². The molecule has 0 radical (unpaired) electrons. The van der Waals surface area contributed by atoms with Crippen molar-refractivity contribution >= 4 is 5.91 Å². The molecule has 0 fully saturated rings. The molecule has 0 saturated carbocycles. The average molecular weight is 287 g/mol. The zero-order valence-electron chi connectivity index (χ0n) is 12.0. The summed E-state index contributed by atoms with van der Waals surface area (Å²) in [6.45, 7) is 2.85. The van der Waals surface area contributed by atoms with Crippen LogP contribution in [0.25, 0.3) is 0 Å². The summed E-state index contributed by atoms with van der Waals surface area (Å²) in [5.74, 6) is 1.06. The maximum Gasteiger partial charge on any atom is 0.271 e. The Morgan fingerprint density at radius 2 is 2.14 bits per heavy atom. The number of carbonyl (C=O) groups excluding carboxylic acids is 1. The van der Waals surface area contributed by atoms with E-state index in [1.165, 1.54) is 18.6 Å². The Bertz CT molecular complexity index is 602. The van der Waals surface area contributed by atoms with Gasteiger partial charge in [-0.2, -0.15) is 0 Å². The Morgan fingerprint density at radius 3 is 2.81 bits per heavy atom. The molecule has 2 aromatic rings. The summed E-state index contributed by atoms with van der Waals surface area (Å²) in [4.78, 5) is 19.7. The number of aromatic nitrogens is 2. The first kappa shape index (κ1) is 14.8. The molecular formula is C15H17N3O3. The van der Waals surface area contributed by atoms with Gasteiger partial charge in [0.25, 0.3) is 5.91 Å². The van der Waals surface area contributed by atoms with Crippen LogP contribution in [0, 0.1) is 0 Å². The van der Waals surface area contributed by atoms with E-state index in [1.807, 2.05) is 25.1 Å². The van der Waals surface area contributed by atoms with Crippen molar-refractivity contribution in [2.75, 3.05) is 13.7 Å². The van der Waals surface area contributed by atoms with Gasteiger partial charge in [-0.1, -0.05) is 6.07 Å². The number of carbonyl (C=O) groups is 1. The van der Waals surface area contributed by atoms with Crippen LogP contribution in [0.5, 0.6) is 11.5 Å². The number of hydrogen-bond acceptors (Lipinski definition) is 5. The number of benzene rings is 1. The van der Waals surface area contributed by atoms with Crippen molar-refractivity contribution < 1.29 is 14.3 Å². The first-order chi connectivity index (χ1) is 10.2. The highest BCUT2D eigenvalue weighted by Crippen LogP contribution is 2.27. The maximum absolute atomic E-state index is 11.9. The van der Waals surface area contributed by atoms with Gasteiger partial charge in [-0.15, -0.1) is 0 Å². The van der Waals surface area contributed by atoms with E-state index in [9.17, 15) is 4.79 Å². The number of ether oxygens (including phenoxy) is 2. The van der Waals surface area contributed by atoms with Crippen LogP contribution in [0.3, 0.4) is 0 Å². The van der Waals surface area contributed by atoms with Crippen LogP contribution in [-0.2, 0) is 6.54 Å². The van der Waals surface area contributed by atoms with E-state index in [4.69, 9.17) is 9.47 Å². The lowest BCUT2D eigenvalue weighted by Gasteiger charge is -2.11. The largest absolute Gasteiger partial charge is 0.493 e. The highest BCUT2D eigenvalue weighted by atomic mass is 16.5. The quantitative estimate of drug-likeness (QED) is 0.877. The topological polar surface area (TPSA) is 73.3 Å². The van der Waals surface area contributed by atoms with Crippen molar-refractivity contribution in [3.63, 3.8) is 0 Å². The second-order valence-electron chi connectivity index (χ2n) is 4.19. The second-order valence-corrected chi connectivity index (χ2v) is 4.19. The minimum atomic E-state index is -0.268. The number of hydrogen-bond donors (Lipinski definition) is 1. The van der Waals surface area contributed by atoms with E-state index in [2.05, 4.69) is 15.3 Å². The third-order valence-corrected chi connectivity index (χ3v) is 2.78. The highest BCUT2D eigenvalue weighted by Gasteiger charge is 2.08. The Hall–Kier alpha value is -2.63. The minimum absolute atomic E-state index is 0.268. The smallest absolute Gasteiger partial charge is 0.271 e. The molecule has 110 valence electrons. The Morgan fingerprint density at radius 1 is 1.29 bits per heavy atom. The third kappa shape index (κ3) is 3.92. The first-order valence-electron chi connectivity index (χ1n) is 6.58. The van der Waals surface area contributed by atoms with Crippen molar-refractivity contribution in [1.29, 1.82) is 0 Å². The molecule has 1 aromatic heterocycles. The lowest BCUT2D eigenvalue weighted by Crippen LogP contribution is -2.23. The lowest BCUT2D eigenvalue weighted by molar-refractivity contribution is 0.0945. The molecule has 1 heterocycles. The van der Waals surface area contributed by atoms with E-state index >= 15 is 0 Å². The summed E-state index contributed by atoms with van der Waals surface area (Å²) in [5, 5.41) is 2.78. The van der Waals surface area contributed by atoms with Crippen LogP contribution in [0.2, 0.25) is 0 Å². The monoisotopic (exact) mass is 287 g/mol. The molecule has 1 amide bonds. The van der Waals surface area contributed by atoms with Crippen LogP contribution < -0.4 is 14.8 Å². The average Bonchev–Trinajstić information content (AvgIpc) is 2.54. The highest BCUT2D eigenvalue weighted by molar-refractivity contribution is 5.91. The summed E-state index contributed by atoms with van der Waals surface area (Å²) >= 11 is 0. The molecule has 0 saturated heterocycles. The Labute approximate surface area is 123 Å². The summed E-state index contributed by atoms with van der Waals surface area (Å²) in [5.41, 5.74) is 1.20. The number of methoxy groups -OCH3 is 1. The number of amides is 1. The van der Waals surface area contributed by atoms with Crippen molar-refractivity contribution in [3.8, 4) is 11.5 Å². The molecule has 0 aliphatic carbocycles. The first-order valence-corrected chi connectivity index (χ1v) is 6.58. The van der Waals surface area contributed by atoms with Crippen LogP contribution in [0.1, 0.15) is 23.0 Å². The van der Waals surface area contributed by atoms with Gasteiger partial charge in [0, 0.05) is 18.9 Å². The van der Waals surface area contributed by atoms with Crippen molar-refractivity contribution in [3.05, 3.63) is 48.0 Å². The zero-order chi connectivity index (χ0) is 15.1. The number of nitrogens with zero attached hydrogens (tertiary/aromatic N) is 2. The van der Waals surface area contributed by atoms with Crippen molar-refractivity contribution in [2.45, 2.75) is 13.5 Å². The predicted molar refractivity (Wildman–Crippen MR) is 77.4 cm³/mol. The van der Waals surface area contributed by atoms with Crippen LogP contribution in [0.15, 0.2) is 36.8 Å². The van der Waals surface area contributed by atoms with Gasteiger partial charge in [0.2, 0.25) is 0 Å². The fourth-order valence-electron chi connectivity index (χ4n) is 1.79. The lowest BCUT2D eigenvalue weighted by atomic mass is 10.2. The van der Waals surface area contributed by atoms with Gasteiger partial charge >= 0.3 is 0 Å². The molecule has 6 nitrogen and oxygen atoms in total. The second kappa shape index (κ2) is 7.23. The van der Waals surface area contributed by atoms with Crippen LogP contribution >= 0.6 is 0 Å². The SMILES string of the molecule is CCOc1ccc(CNC(=O)c2cnccn2)cc1OC. The number of rotatable bonds is 6. The fraction of sp³-hybridized carbons (Fsp3) is 0.267. The van der Waals surface area contributed by atoms with Gasteiger partial charge in [-0.05, 0) is 24.6 Å². The predicted octanol–water partition coefficient (Wildman–Crippen LogP) is 1.81. The van der Waals surface area contributed by atoms with Crippen molar-refractivity contribution in [2.24, 2.45) is 0 Å². The third-order valence-electron chi connectivity index (χ3n) is 2.78.